The van der Waals surface area contributed by atoms with Crippen LogP contribution < -0.4 is 10.2 Å². The third kappa shape index (κ3) is 5.19. The maximum atomic E-state index is 11.8. The predicted molar refractivity (Wildman–Crippen MR) is 86.5 cm³/mol. The Morgan fingerprint density at radius 1 is 1.48 bits per heavy atom. The molecular formula is C15H22BrN3O2. The topological polar surface area (TPSA) is 54.5 Å². The highest BCUT2D eigenvalue weighted by molar-refractivity contribution is 9.10. The van der Waals surface area contributed by atoms with E-state index in [1.54, 1.807) is 6.20 Å². The van der Waals surface area contributed by atoms with Gasteiger partial charge in [0.1, 0.15) is 11.4 Å². The van der Waals surface area contributed by atoms with Gasteiger partial charge in [0.05, 0.1) is 0 Å². The maximum absolute atomic E-state index is 11.8. The summed E-state index contributed by atoms with van der Waals surface area (Å²) in [6.45, 7) is 7.32. The van der Waals surface area contributed by atoms with Crippen LogP contribution in [0.25, 0.3) is 0 Å². The third-order valence-electron chi connectivity index (χ3n) is 3.18. The Bertz CT molecular complexity index is 485. The number of carbonyl (C=O) groups excluding carboxylic acids is 1. The largest absolute Gasteiger partial charge is 0.444 e. The highest BCUT2D eigenvalue weighted by atomic mass is 79.9. The van der Waals surface area contributed by atoms with Gasteiger partial charge in [-0.05, 0) is 61.7 Å². The zero-order valence-electron chi connectivity index (χ0n) is 12.7. The van der Waals surface area contributed by atoms with E-state index in [4.69, 9.17) is 4.74 Å². The summed E-state index contributed by atoms with van der Waals surface area (Å²) in [6.07, 6.45) is 3.43. The molecule has 5 nitrogen and oxygen atoms in total. The molecule has 2 heterocycles. The average Bonchev–Trinajstić information content (AvgIpc) is 2.37. The van der Waals surface area contributed by atoms with E-state index in [0.717, 1.165) is 36.2 Å². The fourth-order valence-electron chi connectivity index (χ4n) is 2.33. The number of hydrogen-bond acceptors (Lipinski definition) is 4. The second-order valence-electron chi connectivity index (χ2n) is 6.27. The number of halogens is 1. The first-order chi connectivity index (χ1) is 9.83. The molecule has 0 aliphatic carbocycles. The van der Waals surface area contributed by atoms with Crippen LogP contribution in [0.4, 0.5) is 10.6 Å². The second kappa shape index (κ2) is 6.64. The van der Waals surface area contributed by atoms with Crippen molar-refractivity contribution >= 4 is 27.8 Å². The SMILES string of the molecule is CC(C)(C)OC(=O)NC1CCCN(c2ccc(Br)cn2)C1. The molecule has 21 heavy (non-hydrogen) atoms. The molecule has 0 radical (unpaired) electrons. The molecule has 116 valence electrons. The van der Waals surface area contributed by atoms with Crippen molar-refractivity contribution in [1.82, 2.24) is 10.3 Å². The van der Waals surface area contributed by atoms with E-state index in [0.29, 0.717) is 0 Å². The fourth-order valence-corrected chi connectivity index (χ4v) is 2.57. The number of hydrogen-bond donors (Lipinski definition) is 1. The zero-order valence-corrected chi connectivity index (χ0v) is 14.3. The van der Waals surface area contributed by atoms with Gasteiger partial charge in [0.15, 0.2) is 0 Å². The van der Waals surface area contributed by atoms with Crippen molar-refractivity contribution in [3.63, 3.8) is 0 Å². The van der Waals surface area contributed by atoms with E-state index >= 15 is 0 Å². The molecule has 0 aromatic carbocycles. The maximum Gasteiger partial charge on any atom is 0.407 e. The Morgan fingerprint density at radius 2 is 2.24 bits per heavy atom. The Kier molecular flexibility index (Phi) is 5.08. The smallest absolute Gasteiger partial charge is 0.407 e. The van der Waals surface area contributed by atoms with Crippen LogP contribution in [0.3, 0.4) is 0 Å². The summed E-state index contributed by atoms with van der Waals surface area (Å²) in [5, 5.41) is 2.95. The van der Waals surface area contributed by atoms with Gasteiger partial charge >= 0.3 is 6.09 Å². The van der Waals surface area contributed by atoms with Gasteiger partial charge in [-0.2, -0.15) is 0 Å². The molecule has 1 aliphatic heterocycles. The number of piperidine rings is 1. The number of alkyl carbamates (subject to hydrolysis) is 1. The number of nitrogens with zero attached hydrogens (tertiary/aromatic N) is 2. The number of ether oxygens (including phenoxy) is 1. The number of amides is 1. The Hall–Kier alpha value is -1.30. The van der Waals surface area contributed by atoms with E-state index in [-0.39, 0.29) is 12.1 Å². The van der Waals surface area contributed by atoms with Gasteiger partial charge in [-0.1, -0.05) is 0 Å². The number of aromatic nitrogens is 1. The summed E-state index contributed by atoms with van der Waals surface area (Å²) in [6, 6.07) is 4.06. The lowest BCUT2D eigenvalue weighted by atomic mass is 10.1. The highest BCUT2D eigenvalue weighted by Gasteiger charge is 2.24. The minimum Gasteiger partial charge on any atom is -0.444 e. The summed E-state index contributed by atoms with van der Waals surface area (Å²) in [5.74, 6) is 0.939. The number of pyridine rings is 1. The molecule has 0 bridgehead atoms. The van der Waals surface area contributed by atoms with Crippen molar-refractivity contribution in [2.24, 2.45) is 0 Å². The number of rotatable bonds is 2. The van der Waals surface area contributed by atoms with E-state index < -0.39 is 5.60 Å². The molecule has 6 heteroatoms. The Labute approximate surface area is 134 Å². The van der Waals surface area contributed by atoms with Gasteiger partial charge in [0, 0.05) is 29.8 Å². The summed E-state index contributed by atoms with van der Waals surface area (Å²) < 4.78 is 6.27. The average molecular weight is 356 g/mol. The highest BCUT2D eigenvalue weighted by Crippen LogP contribution is 2.20. The van der Waals surface area contributed by atoms with E-state index in [1.165, 1.54) is 0 Å². The van der Waals surface area contributed by atoms with Crippen molar-refractivity contribution in [2.45, 2.75) is 45.3 Å². The number of nitrogens with one attached hydrogen (secondary N) is 1. The standard InChI is InChI=1S/C15H22BrN3O2/c1-15(2,3)21-14(20)18-12-5-4-8-19(10-12)13-7-6-11(16)9-17-13/h6-7,9,12H,4-5,8,10H2,1-3H3,(H,18,20). The van der Waals surface area contributed by atoms with Gasteiger partial charge in [-0.25, -0.2) is 9.78 Å². The van der Waals surface area contributed by atoms with E-state index in [1.807, 2.05) is 32.9 Å². The Balaban J connectivity index is 1.91. The molecular weight excluding hydrogens is 334 g/mol. The molecule has 1 aliphatic rings. The lowest BCUT2D eigenvalue weighted by Crippen LogP contribution is -2.49. The third-order valence-corrected chi connectivity index (χ3v) is 3.65. The van der Waals surface area contributed by atoms with Crippen LogP contribution in [0, 0.1) is 0 Å². The quantitative estimate of drug-likeness (QED) is 0.883. The van der Waals surface area contributed by atoms with Gasteiger partial charge in [0.2, 0.25) is 0 Å². The van der Waals surface area contributed by atoms with Gasteiger partial charge in [-0.15, -0.1) is 0 Å². The number of carbonyl (C=O) groups is 1. The molecule has 1 amide bonds. The lowest BCUT2D eigenvalue weighted by molar-refractivity contribution is 0.0500. The zero-order chi connectivity index (χ0) is 15.5. The van der Waals surface area contributed by atoms with Gasteiger partial charge < -0.3 is 15.0 Å². The number of anilines is 1. The van der Waals surface area contributed by atoms with Crippen molar-refractivity contribution < 1.29 is 9.53 Å². The van der Waals surface area contributed by atoms with Crippen molar-refractivity contribution in [3.8, 4) is 0 Å². The van der Waals surface area contributed by atoms with Crippen LogP contribution >= 0.6 is 15.9 Å². The minimum atomic E-state index is -0.467. The van der Waals surface area contributed by atoms with Crippen molar-refractivity contribution in [1.29, 1.82) is 0 Å². The molecule has 1 unspecified atom stereocenters. The van der Waals surface area contributed by atoms with Crippen LogP contribution in [0.15, 0.2) is 22.8 Å². The first-order valence-corrected chi connectivity index (χ1v) is 7.99. The lowest BCUT2D eigenvalue weighted by Gasteiger charge is -2.34. The monoisotopic (exact) mass is 355 g/mol. The molecule has 1 atom stereocenters. The van der Waals surface area contributed by atoms with Crippen LogP contribution in [0.5, 0.6) is 0 Å². The molecule has 0 spiro atoms. The second-order valence-corrected chi connectivity index (χ2v) is 7.18. The fraction of sp³-hybridized carbons (Fsp3) is 0.600. The minimum absolute atomic E-state index is 0.0963. The first kappa shape index (κ1) is 16.1. The van der Waals surface area contributed by atoms with Crippen LogP contribution in [0.1, 0.15) is 33.6 Å². The van der Waals surface area contributed by atoms with Crippen molar-refractivity contribution in [2.75, 3.05) is 18.0 Å². The molecule has 1 N–H and O–H groups in total. The molecule has 1 saturated heterocycles. The summed E-state index contributed by atoms with van der Waals surface area (Å²) in [4.78, 5) is 18.4. The van der Waals surface area contributed by atoms with Crippen LogP contribution in [-0.2, 0) is 4.74 Å². The molecule has 1 aromatic heterocycles. The first-order valence-electron chi connectivity index (χ1n) is 7.19. The summed E-state index contributed by atoms with van der Waals surface area (Å²) in [5.41, 5.74) is -0.467. The molecule has 1 fully saturated rings. The van der Waals surface area contributed by atoms with E-state index in [2.05, 4.69) is 31.1 Å². The Morgan fingerprint density at radius 3 is 2.86 bits per heavy atom. The van der Waals surface area contributed by atoms with E-state index in [9.17, 15) is 4.79 Å². The molecule has 1 aromatic rings. The molecule has 0 saturated carbocycles. The van der Waals surface area contributed by atoms with Gasteiger partial charge in [-0.3, -0.25) is 0 Å². The predicted octanol–water partition coefficient (Wildman–Crippen LogP) is 3.34. The molecule has 2 rings (SSSR count). The normalized spacial score (nSPS) is 19.2. The summed E-state index contributed by atoms with van der Waals surface area (Å²) in [7, 11) is 0. The van der Waals surface area contributed by atoms with Crippen LogP contribution in [-0.4, -0.2) is 35.8 Å². The van der Waals surface area contributed by atoms with Crippen molar-refractivity contribution in [3.05, 3.63) is 22.8 Å². The summed E-state index contributed by atoms with van der Waals surface area (Å²) >= 11 is 3.39. The van der Waals surface area contributed by atoms with Gasteiger partial charge in [0.25, 0.3) is 0 Å². The van der Waals surface area contributed by atoms with Crippen LogP contribution in [0.2, 0.25) is 0 Å².